The van der Waals surface area contributed by atoms with Gasteiger partial charge in [0.25, 0.3) is 0 Å². The lowest BCUT2D eigenvalue weighted by Crippen LogP contribution is -2.42. The predicted octanol–water partition coefficient (Wildman–Crippen LogP) is 6.64. The highest BCUT2D eigenvalue weighted by atomic mass is 35.5. The van der Waals surface area contributed by atoms with E-state index >= 15 is 0 Å². The zero-order valence-electron chi connectivity index (χ0n) is 22.4. The number of amides is 3. The van der Waals surface area contributed by atoms with Gasteiger partial charge >= 0.3 is 6.03 Å². The second-order valence-corrected chi connectivity index (χ2v) is 9.98. The molecular weight excluding hydrogens is 514 g/mol. The summed E-state index contributed by atoms with van der Waals surface area (Å²) in [5.41, 5.74) is 3.84. The Kier molecular flexibility index (Phi) is 8.88. The Bertz CT molecular complexity index is 1420. The summed E-state index contributed by atoms with van der Waals surface area (Å²) in [5.74, 6) is 1.05. The van der Waals surface area contributed by atoms with E-state index in [-0.39, 0.29) is 24.4 Å². The molecule has 2 N–H and O–H groups in total. The maximum Gasteiger partial charge on any atom is 0.322 e. The lowest BCUT2D eigenvalue weighted by molar-refractivity contribution is -0.116. The number of nitrogens with zero attached hydrogens (tertiary/aromatic N) is 3. The normalized spacial score (nSPS) is 10.8. The lowest BCUT2D eigenvalue weighted by Gasteiger charge is -2.24. The fourth-order valence-electron chi connectivity index (χ4n) is 4.24. The molecule has 0 radical (unpaired) electrons. The van der Waals surface area contributed by atoms with Gasteiger partial charge in [0.05, 0.1) is 18.5 Å². The molecule has 0 aliphatic heterocycles. The molecule has 0 atom stereocenters. The first kappa shape index (κ1) is 27.7. The number of hydrogen-bond acceptors (Lipinski definition) is 4. The topological polar surface area (TPSA) is 88.5 Å². The summed E-state index contributed by atoms with van der Waals surface area (Å²) in [6.07, 6.45) is 0. The average molecular weight is 546 g/mol. The van der Waals surface area contributed by atoms with Crippen molar-refractivity contribution in [2.75, 3.05) is 30.8 Å². The Morgan fingerprint density at radius 3 is 2.26 bits per heavy atom. The molecule has 202 valence electrons. The van der Waals surface area contributed by atoms with Gasteiger partial charge in [-0.3, -0.25) is 4.79 Å². The molecule has 0 bridgehead atoms. The van der Waals surface area contributed by atoms with Crippen LogP contribution in [0, 0.1) is 12.8 Å². The van der Waals surface area contributed by atoms with E-state index in [0.717, 1.165) is 22.5 Å². The molecule has 4 rings (SSSR count). The Morgan fingerprint density at radius 2 is 1.64 bits per heavy atom. The van der Waals surface area contributed by atoms with Gasteiger partial charge in [0.15, 0.2) is 0 Å². The number of halogens is 1. The number of rotatable bonds is 9. The Hall–Kier alpha value is -4.30. The number of anilines is 2. The number of urea groups is 1. The van der Waals surface area contributed by atoms with E-state index in [1.807, 2.05) is 75.4 Å². The summed E-state index contributed by atoms with van der Waals surface area (Å²) >= 11 is 5.97. The molecule has 3 amide bonds. The number of methoxy groups -OCH3 is 1. The maximum absolute atomic E-state index is 13.5. The smallest absolute Gasteiger partial charge is 0.322 e. The van der Waals surface area contributed by atoms with E-state index in [0.29, 0.717) is 28.8 Å². The van der Waals surface area contributed by atoms with Crippen molar-refractivity contribution < 1.29 is 14.3 Å². The SMILES string of the molecule is COc1ccc(-n2nc(C)c(-c3ccccc3)c2NC(=O)CN(CC(C)C)C(=O)Nc2ccc(Cl)cc2)cc1. The molecule has 3 aromatic carbocycles. The molecule has 0 saturated carbocycles. The molecule has 9 heteroatoms. The van der Waals surface area contributed by atoms with E-state index in [1.165, 1.54) is 4.90 Å². The largest absolute Gasteiger partial charge is 0.497 e. The second kappa shape index (κ2) is 12.5. The molecule has 0 saturated heterocycles. The van der Waals surface area contributed by atoms with Crippen molar-refractivity contribution in [2.24, 2.45) is 5.92 Å². The van der Waals surface area contributed by atoms with Crippen molar-refractivity contribution >= 4 is 35.0 Å². The summed E-state index contributed by atoms with van der Waals surface area (Å²) in [7, 11) is 1.61. The number of aryl methyl sites for hydroxylation is 1. The van der Waals surface area contributed by atoms with Crippen LogP contribution in [-0.2, 0) is 4.79 Å². The first-order valence-electron chi connectivity index (χ1n) is 12.7. The van der Waals surface area contributed by atoms with Crippen molar-refractivity contribution in [3.63, 3.8) is 0 Å². The standard InChI is InChI=1S/C30H32ClN5O3/c1-20(2)18-35(30(38)32-24-12-10-23(31)11-13-24)19-27(37)33-29-28(22-8-6-5-7-9-22)21(3)34-36(29)25-14-16-26(39-4)17-15-25/h5-17,20H,18-19H2,1-4H3,(H,32,38)(H,33,37). The summed E-state index contributed by atoms with van der Waals surface area (Å²) in [6.45, 7) is 6.16. The third-order valence-corrected chi connectivity index (χ3v) is 6.25. The summed E-state index contributed by atoms with van der Waals surface area (Å²) in [6, 6.07) is 23.7. The van der Waals surface area contributed by atoms with Crippen LogP contribution in [0.15, 0.2) is 78.9 Å². The summed E-state index contributed by atoms with van der Waals surface area (Å²) in [4.78, 5) is 28.1. The molecule has 39 heavy (non-hydrogen) atoms. The van der Waals surface area contributed by atoms with Crippen molar-refractivity contribution in [3.8, 4) is 22.6 Å². The minimum absolute atomic E-state index is 0.140. The van der Waals surface area contributed by atoms with Gasteiger partial charge in [-0.1, -0.05) is 55.8 Å². The maximum atomic E-state index is 13.5. The Balaban J connectivity index is 1.63. The van der Waals surface area contributed by atoms with Crippen LogP contribution in [0.25, 0.3) is 16.8 Å². The summed E-state index contributed by atoms with van der Waals surface area (Å²) < 4.78 is 7.00. The van der Waals surface area contributed by atoms with Gasteiger partial charge in [0.1, 0.15) is 18.1 Å². The highest BCUT2D eigenvalue weighted by Gasteiger charge is 2.23. The van der Waals surface area contributed by atoms with E-state index in [9.17, 15) is 9.59 Å². The van der Waals surface area contributed by atoms with Crippen LogP contribution in [0.4, 0.5) is 16.3 Å². The molecule has 0 aliphatic rings. The van der Waals surface area contributed by atoms with Crippen LogP contribution in [0.5, 0.6) is 5.75 Å². The predicted molar refractivity (Wildman–Crippen MR) is 156 cm³/mol. The molecular formula is C30H32ClN5O3. The van der Waals surface area contributed by atoms with Gasteiger partial charge in [-0.25, -0.2) is 9.48 Å². The molecule has 8 nitrogen and oxygen atoms in total. The van der Waals surface area contributed by atoms with Gasteiger partial charge < -0.3 is 20.3 Å². The number of aromatic nitrogens is 2. The highest BCUT2D eigenvalue weighted by Crippen LogP contribution is 2.33. The monoisotopic (exact) mass is 545 g/mol. The van der Waals surface area contributed by atoms with E-state index in [4.69, 9.17) is 21.4 Å². The number of carbonyl (C=O) groups excluding carboxylic acids is 2. The minimum Gasteiger partial charge on any atom is -0.497 e. The van der Waals surface area contributed by atoms with Crippen molar-refractivity contribution in [1.82, 2.24) is 14.7 Å². The first-order valence-corrected chi connectivity index (χ1v) is 13.0. The number of carbonyl (C=O) groups is 2. The molecule has 4 aromatic rings. The zero-order chi connectivity index (χ0) is 27.9. The minimum atomic E-state index is -0.371. The number of hydrogen-bond donors (Lipinski definition) is 2. The summed E-state index contributed by atoms with van der Waals surface area (Å²) in [5, 5.41) is 11.2. The molecule has 0 spiro atoms. The van der Waals surface area contributed by atoms with E-state index < -0.39 is 0 Å². The average Bonchev–Trinajstić information content (AvgIpc) is 3.25. The molecule has 0 fully saturated rings. The van der Waals surface area contributed by atoms with Gasteiger partial charge in [-0.05, 0) is 66.9 Å². The number of benzene rings is 3. The third-order valence-electron chi connectivity index (χ3n) is 6.00. The van der Waals surface area contributed by atoms with Crippen LogP contribution in [0.3, 0.4) is 0 Å². The van der Waals surface area contributed by atoms with Crippen molar-refractivity contribution in [1.29, 1.82) is 0 Å². The Labute approximate surface area is 233 Å². The van der Waals surface area contributed by atoms with Crippen LogP contribution in [0.1, 0.15) is 19.5 Å². The zero-order valence-corrected chi connectivity index (χ0v) is 23.2. The van der Waals surface area contributed by atoms with Crippen LogP contribution in [-0.4, -0.2) is 46.8 Å². The number of nitrogens with one attached hydrogen (secondary N) is 2. The fraction of sp³-hybridized carbons (Fsp3) is 0.233. The second-order valence-electron chi connectivity index (χ2n) is 9.54. The highest BCUT2D eigenvalue weighted by molar-refractivity contribution is 6.30. The molecule has 1 aromatic heterocycles. The van der Waals surface area contributed by atoms with Crippen molar-refractivity contribution in [3.05, 3.63) is 89.6 Å². The van der Waals surface area contributed by atoms with E-state index in [1.54, 1.807) is 36.1 Å². The van der Waals surface area contributed by atoms with E-state index in [2.05, 4.69) is 10.6 Å². The van der Waals surface area contributed by atoms with Gasteiger partial charge in [-0.2, -0.15) is 5.10 Å². The number of ether oxygens (including phenoxy) is 1. The van der Waals surface area contributed by atoms with Gasteiger partial charge in [0.2, 0.25) is 5.91 Å². The van der Waals surface area contributed by atoms with Crippen molar-refractivity contribution in [2.45, 2.75) is 20.8 Å². The molecule has 0 aliphatic carbocycles. The molecule has 1 heterocycles. The lowest BCUT2D eigenvalue weighted by atomic mass is 10.1. The van der Waals surface area contributed by atoms with Crippen LogP contribution in [0.2, 0.25) is 5.02 Å². The van der Waals surface area contributed by atoms with Gasteiger partial charge in [0, 0.05) is 22.8 Å². The van der Waals surface area contributed by atoms with Gasteiger partial charge in [-0.15, -0.1) is 0 Å². The third kappa shape index (κ3) is 6.97. The van der Waals surface area contributed by atoms with Crippen LogP contribution < -0.4 is 15.4 Å². The fourth-order valence-corrected chi connectivity index (χ4v) is 4.37. The quantitative estimate of drug-likeness (QED) is 0.247. The van der Waals surface area contributed by atoms with Crippen LogP contribution >= 0.6 is 11.6 Å². The Morgan fingerprint density at radius 1 is 0.974 bits per heavy atom. The molecule has 0 unspecified atom stereocenters. The first-order chi connectivity index (χ1) is 18.7.